The van der Waals surface area contributed by atoms with Crippen molar-refractivity contribution >= 4 is 36.4 Å². The first-order valence-electron chi connectivity index (χ1n) is 6.58. The molecular weight excluding hydrogens is 362 g/mol. The Kier molecular flexibility index (Phi) is 9.66. The topological polar surface area (TPSA) is 28.2 Å². The van der Waals surface area contributed by atoms with Gasteiger partial charge in [-0.1, -0.05) is 11.6 Å². The number of rotatable bonds is 4. The molecule has 0 radical (unpaired) electrons. The molecule has 0 aromatic carbocycles. The van der Waals surface area contributed by atoms with Gasteiger partial charge in [0.15, 0.2) is 0 Å². The second-order valence-electron chi connectivity index (χ2n) is 4.85. The number of nitrogens with one attached hydrogen (secondary N) is 1. The third-order valence-electron chi connectivity index (χ3n) is 3.46. The van der Waals surface area contributed by atoms with Crippen LogP contribution in [0.3, 0.4) is 0 Å². The molecule has 2 heterocycles. The minimum absolute atomic E-state index is 0. The van der Waals surface area contributed by atoms with Crippen LogP contribution < -0.4 is 5.32 Å². The van der Waals surface area contributed by atoms with Gasteiger partial charge in [0.05, 0.1) is 5.02 Å². The van der Waals surface area contributed by atoms with Crippen molar-refractivity contribution in [2.24, 2.45) is 0 Å². The highest BCUT2D eigenvalue weighted by atomic mass is 35.5. The predicted molar refractivity (Wildman–Crippen MR) is 86.2 cm³/mol. The number of hydrogen-bond acceptors (Lipinski definition) is 3. The van der Waals surface area contributed by atoms with Crippen molar-refractivity contribution in [3.05, 3.63) is 29.0 Å². The SMILES string of the molecule is Cl.Cl.FC(F)(F)CC[C@@H](c1ccncc1Cl)N1CCNCC1. The molecular formula is C13H19Cl3F3N3. The lowest BCUT2D eigenvalue weighted by Crippen LogP contribution is -2.45. The van der Waals surface area contributed by atoms with Gasteiger partial charge in [0.2, 0.25) is 0 Å². The Morgan fingerprint density at radius 1 is 1.27 bits per heavy atom. The molecule has 0 unspecified atom stereocenters. The lowest BCUT2D eigenvalue weighted by atomic mass is 10.0. The van der Waals surface area contributed by atoms with E-state index in [1.165, 1.54) is 6.20 Å². The summed E-state index contributed by atoms with van der Waals surface area (Å²) >= 11 is 6.10. The maximum absolute atomic E-state index is 12.5. The van der Waals surface area contributed by atoms with Crippen molar-refractivity contribution in [1.82, 2.24) is 15.2 Å². The summed E-state index contributed by atoms with van der Waals surface area (Å²) in [5.74, 6) is 0. The first kappa shape index (κ1) is 21.7. The van der Waals surface area contributed by atoms with Crippen LogP contribution in [0.1, 0.15) is 24.4 Å². The van der Waals surface area contributed by atoms with E-state index in [4.69, 9.17) is 11.6 Å². The van der Waals surface area contributed by atoms with Crippen LogP contribution in [0.25, 0.3) is 0 Å². The van der Waals surface area contributed by atoms with E-state index in [2.05, 4.69) is 15.2 Å². The molecule has 0 saturated carbocycles. The van der Waals surface area contributed by atoms with Gasteiger partial charge in [-0.15, -0.1) is 24.8 Å². The highest BCUT2D eigenvalue weighted by Gasteiger charge is 2.31. The molecule has 0 amide bonds. The molecule has 3 nitrogen and oxygen atoms in total. The number of aromatic nitrogens is 1. The molecule has 1 saturated heterocycles. The summed E-state index contributed by atoms with van der Waals surface area (Å²) in [6.45, 7) is 3.01. The smallest absolute Gasteiger partial charge is 0.314 e. The molecule has 22 heavy (non-hydrogen) atoms. The van der Waals surface area contributed by atoms with E-state index >= 15 is 0 Å². The average molecular weight is 381 g/mol. The fourth-order valence-electron chi connectivity index (χ4n) is 2.49. The lowest BCUT2D eigenvalue weighted by molar-refractivity contribution is -0.138. The van der Waals surface area contributed by atoms with E-state index in [1.54, 1.807) is 12.3 Å². The fourth-order valence-corrected chi connectivity index (χ4v) is 2.73. The number of piperazine rings is 1. The largest absolute Gasteiger partial charge is 0.389 e. The highest BCUT2D eigenvalue weighted by Crippen LogP contribution is 2.34. The van der Waals surface area contributed by atoms with Crippen molar-refractivity contribution in [2.75, 3.05) is 26.2 Å². The summed E-state index contributed by atoms with van der Waals surface area (Å²) in [5, 5.41) is 3.63. The van der Waals surface area contributed by atoms with Crippen molar-refractivity contribution in [2.45, 2.75) is 25.1 Å². The zero-order valence-electron chi connectivity index (χ0n) is 11.8. The van der Waals surface area contributed by atoms with Crippen molar-refractivity contribution < 1.29 is 13.2 Å². The van der Waals surface area contributed by atoms with E-state index in [0.717, 1.165) is 31.7 Å². The third kappa shape index (κ3) is 6.46. The van der Waals surface area contributed by atoms with E-state index in [0.29, 0.717) is 5.02 Å². The monoisotopic (exact) mass is 379 g/mol. The Balaban J connectivity index is 0.00000220. The van der Waals surface area contributed by atoms with E-state index < -0.39 is 12.6 Å². The third-order valence-corrected chi connectivity index (χ3v) is 3.77. The maximum Gasteiger partial charge on any atom is 0.389 e. The van der Waals surface area contributed by atoms with E-state index in [1.807, 2.05) is 0 Å². The molecule has 1 aromatic rings. The van der Waals surface area contributed by atoms with Crippen LogP contribution in [0.15, 0.2) is 18.5 Å². The Morgan fingerprint density at radius 2 is 1.91 bits per heavy atom. The summed E-state index contributed by atoms with van der Waals surface area (Å²) in [4.78, 5) is 5.96. The normalized spacial score (nSPS) is 17.3. The van der Waals surface area contributed by atoms with Crippen molar-refractivity contribution in [1.29, 1.82) is 0 Å². The number of pyridine rings is 1. The van der Waals surface area contributed by atoms with Crippen LogP contribution in [0.4, 0.5) is 13.2 Å². The number of halogens is 6. The first-order chi connectivity index (χ1) is 9.47. The van der Waals surface area contributed by atoms with Crippen molar-refractivity contribution in [3.8, 4) is 0 Å². The quantitative estimate of drug-likeness (QED) is 0.859. The molecule has 9 heteroatoms. The maximum atomic E-state index is 12.5. The van der Waals surface area contributed by atoms with Crippen LogP contribution >= 0.6 is 36.4 Å². The van der Waals surface area contributed by atoms with Crippen LogP contribution in [-0.4, -0.2) is 42.2 Å². The van der Waals surface area contributed by atoms with Gasteiger partial charge in [0, 0.05) is 51.0 Å². The molecule has 0 bridgehead atoms. The van der Waals surface area contributed by atoms with Crippen LogP contribution in [0.2, 0.25) is 5.02 Å². The molecule has 0 aliphatic carbocycles. The number of nitrogens with zero attached hydrogens (tertiary/aromatic N) is 2. The van der Waals surface area contributed by atoms with Gasteiger partial charge in [-0.3, -0.25) is 9.88 Å². The first-order valence-corrected chi connectivity index (χ1v) is 6.96. The van der Waals surface area contributed by atoms with Crippen LogP contribution in [0, 0.1) is 0 Å². The van der Waals surface area contributed by atoms with Gasteiger partial charge in [0.1, 0.15) is 0 Å². The standard InChI is InChI=1S/C13H17ClF3N3.2ClH/c14-11-9-19-4-2-10(11)12(1-3-13(15,16)17)20-7-5-18-6-8-20;;/h2,4,9,12,18H,1,3,5-8H2;2*1H/t12-;;/m0../s1. The Morgan fingerprint density at radius 3 is 2.45 bits per heavy atom. The van der Waals surface area contributed by atoms with Gasteiger partial charge in [-0.2, -0.15) is 13.2 Å². The fraction of sp³-hybridized carbons (Fsp3) is 0.615. The predicted octanol–water partition coefficient (Wildman–Crippen LogP) is 3.87. The zero-order valence-corrected chi connectivity index (χ0v) is 14.2. The molecule has 1 atom stereocenters. The summed E-state index contributed by atoms with van der Waals surface area (Å²) in [6, 6.07) is 1.40. The van der Waals surface area contributed by atoms with Gasteiger partial charge >= 0.3 is 6.18 Å². The van der Waals surface area contributed by atoms with Crippen LogP contribution in [0.5, 0.6) is 0 Å². The Bertz CT molecular complexity index is 440. The molecule has 1 aliphatic heterocycles. The average Bonchev–Trinajstić information content (AvgIpc) is 2.41. The van der Waals surface area contributed by atoms with Gasteiger partial charge in [-0.05, 0) is 18.1 Å². The molecule has 1 N–H and O–H groups in total. The summed E-state index contributed by atoms with van der Waals surface area (Å²) in [6.07, 6.45) is -1.87. The molecule has 2 rings (SSSR count). The second kappa shape index (κ2) is 9.78. The highest BCUT2D eigenvalue weighted by molar-refractivity contribution is 6.31. The second-order valence-corrected chi connectivity index (χ2v) is 5.26. The lowest BCUT2D eigenvalue weighted by Gasteiger charge is -2.35. The van der Waals surface area contributed by atoms with E-state index in [9.17, 15) is 13.2 Å². The zero-order chi connectivity index (χ0) is 14.6. The van der Waals surface area contributed by atoms with E-state index in [-0.39, 0.29) is 37.3 Å². The molecule has 128 valence electrons. The van der Waals surface area contributed by atoms with Gasteiger partial charge < -0.3 is 5.32 Å². The molecule has 0 spiro atoms. The van der Waals surface area contributed by atoms with Gasteiger partial charge in [0.25, 0.3) is 0 Å². The van der Waals surface area contributed by atoms with Gasteiger partial charge in [-0.25, -0.2) is 0 Å². The van der Waals surface area contributed by atoms with Crippen molar-refractivity contribution in [3.63, 3.8) is 0 Å². The minimum Gasteiger partial charge on any atom is -0.314 e. The summed E-state index contributed by atoms with van der Waals surface area (Å²) < 4.78 is 37.6. The number of alkyl halides is 3. The molecule has 1 aliphatic rings. The molecule has 1 fully saturated rings. The van der Waals surface area contributed by atoms with Crippen LogP contribution in [-0.2, 0) is 0 Å². The molecule has 1 aromatic heterocycles. The Labute approximate surface area is 145 Å². The minimum atomic E-state index is -4.15. The number of hydrogen-bond donors (Lipinski definition) is 1. The summed E-state index contributed by atoms with van der Waals surface area (Å²) in [7, 11) is 0. The summed E-state index contributed by atoms with van der Waals surface area (Å²) in [5.41, 5.74) is 0.729. The Hall–Kier alpha value is -0.270.